The zero-order chi connectivity index (χ0) is 20.0. The summed E-state index contributed by atoms with van der Waals surface area (Å²) in [4.78, 5) is 35.6. The number of carbonyl (C=O) groups is 2. The Labute approximate surface area is 169 Å². The molecule has 9 heteroatoms. The molecule has 0 spiro atoms. The zero-order valence-electron chi connectivity index (χ0n) is 16.8. The van der Waals surface area contributed by atoms with E-state index in [0.717, 1.165) is 64.5 Å². The van der Waals surface area contributed by atoms with E-state index in [0.29, 0.717) is 18.3 Å². The van der Waals surface area contributed by atoms with Crippen LogP contribution in [0.5, 0.6) is 0 Å². The van der Waals surface area contributed by atoms with Crippen LogP contribution < -0.4 is 0 Å². The van der Waals surface area contributed by atoms with E-state index in [9.17, 15) is 9.59 Å². The maximum atomic E-state index is 12.8. The van der Waals surface area contributed by atoms with Gasteiger partial charge in [-0.25, -0.2) is 4.98 Å². The van der Waals surface area contributed by atoms with E-state index in [1.54, 1.807) is 6.20 Å². The number of nitrogens with zero attached hydrogens (tertiary/aromatic N) is 7. The third kappa shape index (κ3) is 3.43. The molecular weight excluding hydrogens is 370 g/mol. The number of rotatable bonds is 4. The SMILES string of the molecule is Cc1nccn1CC(=O)N1CC(N2CCN(C(=O)c3cc4n(n3)CCC4)CC2)C1. The Kier molecular flexibility index (Phi) is 4.61. The standard InChI is InChI=1S/C20H27N7O2/c1-15-21-4-6-25(15)14-19(28)26-12-17(13-26)23-7-9-24(10-8-23)20(29)18-11-16-3-2-5-27(16)22-18/h4,6,11,17H,2-3,5,7-10,12-14H2,1H3. The lowest BCUT2D eigenvalue weighted by Gasteiger charge is -2.48. The van der Waals surface area contributed by atoms with Gasteiger partial charge in [-0.2, -0.15) is 5.10 Å². The van der Waals surface area contributed by atoms with Gasteiger partial charge in [0.05, 0.1) is 0 Å². The molecule has 5 heterocycles. The molecular formula is C20H27N7O2. The second-order valence-corrected chi connectivity index (χ2v) is 8.23. The molecule has 0 saturated carbocycles. The van der Waals surface area contributed by atoms with Crippen molar-refractivity contribution >= 4 is 11.8 Å². The van der Waals surface area contributed by atoms with Gasteiger partial charge >= 0.3 is 0 Å². The summed E-state index contributed by atoms with van der Waals surface area (Å²) < 4.78 is 3.85. The van der Waals surface area contributed by atoms with Gasteiger partial charge in [-0.05, 0) is 25.8 Å². The summed E-state index contributed by atoms with van der Waals surface area (Å²) >= 11 is 0. The van der Waals surface area contributed by atoms with Gasteiger partial charge in [-0.15, -0.1) is 0 Å². The minimum absolute atomic E-state index is 0.0488. The number of amides is 2. The van der Waals surface area contributed by atoms with Crippen LogP contribution in [-0.4, -0.2) is 91.2 Å². The van der Waals surface area contributed by atoms with E-state index in [4.69, 9.17) is 0 Å². The molecule has 3 aliphatic rings. The van der Waals surface area contributed by atoms with Gasteiger partial charge < -0.3 is 14.4 Å². The van der Waals surface area contributed by atoms with Gasteiger partial charge in [0.1, 0.15) is 12.4 Å². The molecule has 3 aliphatic heterocycles. The predicted octanol–water partition coefficient (Wildman–Crippen LogP) is 0.00302. The van der Waals surface area contributed by atoms with E-state index in [1.165, 1.54) is 5.69 Å². The summed E-state index contributed by atoms with van der Waals surface area (Å²) in [5.74, 6) is 1.05. The lowest BCUT2D eigenvalue weighted by molar-refractivity contribution is -0.139. The van der Waals surface area contributed by atoms with Gasteiger partial charge in [0.2, 0.25) is 5.91 Å². The minimum atomic E-state index is 0.0488. The summed E-state index contributed by atoms with van der Waals surface area (Å²) in [7, 11) is 0. The monoisotopic (exact) mass is 397 g/mol. The fraction of sp³-hybridized carbons (Fsp3) is 0.600. The molecule has 0 N–H and O–H groups in total. The molecule has 2 saturated heterocycles. The lowest BCUT2D eigenvalue weighted by Crippen LogP contribution is -2.64. The highest BCUT2D eigenvalue weighted by molar-refractivity contribution is 5.92. The van der Waals surface area contributed by atoms with Crippen LogP contribution in [0.15, 0.2) is 18.5 Å². The van der Waals surface area contributed by atoms with Crippen molar-refractivity contribution in [2.75, 3.05) is 39.3 Å². The zero-order valence-corrected chi connectivity index (χ0v) is 16.8. The second-order valence-electron chi connectivity index (χ2n) is 8.23. The van der Waals surface area contributed by atoms with Crippen LogP contribution in [0.2, 0.25) is 0 Å². The Morgan fingerprint density at radius 3 is 2.59 bits per heavy atom. The Morgan fingerprint density at radius 2 is 1.90 bits per heavy atom. The van der Waals surface area contributed by atoms with E-state index in [1.807, 2.05) is 38.2 Å². The molecule has 5 rings (SSSR count). The van der Waals surface area contributed by atoms with E-state index in [-0.39, 0.29) is 11.8 Å². The van der Waals surface area contributed by atoms with Crippen LogP contribution >= 0.6 is 0 Å². The first-order valence-corrected chi connectivity index (χ1v) is 10.4. The first-order chi connectivity index (χ1) is 14.1. The number of piperazine rings is 1. The fourth-order valence-electron chi connectivity index (χ4n) is 4.52. The third-order valence-corrected chi connectivity index (χ3v) is 6.45. The van der Waals surface area contributed by atoms with Crippen LogP contribution in [0.1, 0.15) is 28.4 Å². The van der Waals surface area contributed by atoms with Crippen molar-refractivity contribution in [3.8, 4) is 0 Å². The quantitative estimate of drug-likeness (QED) is 0.726. The highest BCUT2D eigenvalue weighted by atomic mass is 16.2. The Morgan fingerprint density at radius 1 is 1.10 bits per heavy atom. The molecule has 2 aromatic rings. The van der Waals surface area contributed by atoms with Gasteiger partial charge in [-0.3, -0.25) is 19.2 Å². The topological polar surface area (TPSA) is 79.5 Å². The molecule has 0 bridgehead atoms. The molecule has 2 aromatic heterocycles. The van der Waals surface area contributed by atoms with Gasteiger partial charge in [0.25, 0.3) is 5.91 Å². The number of hydrogen-bond acceptors (Lipinski definition) is 5. The summed E-state index contributed by atoms with van der Waals surface area (Å²) in [5.41, 5.74) is 1.76. The van der Waals surface area contributed by atoms with Crippen LogP contribution in [0.25, 0.3) is 0 Å². The van der Waals surface area contributed by atoms with Crippen LogP contribution in [0.3, 0.4) is 0 Å². The average molecular weight is 397 g/mol. The van der Waals surface area contributed by atoms with Crippen LogP contribution in [0.4, 0.5) is 0 Å². The molecule has 0 aromatic carbocycles. The highest BCUT2D eigenvalue weighted by Gasteiger charge is 2.37. The predicted molar refractivity (Wildman–Crippen MR) is 105 cm³/mol. The number of hydrogen-bond donors (Lipinski definition) is 0. The largest absolute Gasteiger partial charge is 0.338 e. The number of imidazole rings is 1. The summed E-state index contributed by atoms with van der Waals surface area (Å²) in [6.45, 7) is 7.88. The maximum Gasteiger partial charge on any atom is 0.274 e. The first kappa shape index (κ1) is 18.4. The molecule has 9 nitrogen and oxygen atoms in total. The Bertz CT molecular complexity index is 898. The van der Waals surface area contributed by atoms with Crippen molar-refractivity contribution in [2.24, 2.45) is 0 Å². The van der Waals surface area contributed by atoms with Crippen molar-refractivity contribution in [3.05, 3.63) is 35.7 Å². The number of fused-ring (bicyclic) bond motifs is 1. The summed E-state index contributed by atoms with van der Waals surface area (Å²) in [6.07, 6.45) is 5.71. The van der Waals surface area contributed by atoms with Gasteiger partial charge in [0.15, 0.2) is 5.69 Å². The first-order valence-electron chi connectivity index (χ1n) is 10.4. The summed E-state index contributed by atoms with van der Waals surface area (Å²) in [5, 5.41) is 4.47. The van der Waals surface area contributed by atoms with E-state index < -0.39 is 0 Å². The van der Waals surface area contributed by atoms with Gasteiger partial charge in [0, 0.05) is 69.9 Å². The molecule has 0 radical (unpaired) electrons. The number of aryl methyl sites for hydroxylation is 3. The van der Waals surface area contributed by atoms with Crippen molar-refractivity contribution < 1.29 is 9.59 Å². The molecule has 154 valence electrons. The smallest absolute Gasteiger partial charge is 0.274 e. The number of aromatic nitrogens is 4. The third-order valence-electron chi connectivity index (χ3n) is 6.45. The molecule has 0 atom stereocenters. The second kappa shape index (κ2) is 7.29. The molecule has 0 unspecified atom stereocenters. The average Bonchev–Trinajstić information content (AvgIpc) is 3.37. The fourth-order valence-corrected chi connectivity index (χ4v) is 4.52. The minimum Gasteiger partial charge on any atom is -0.338 e. The van der Waals surface area contributed by atoms with Crippen LogP contribution in [0, 0.1) is 6.92 Å². The summed E-state index contributed by atoms with van der Waals surface area (Å²) in [6, 6.07) is 2.36. The maximum absolute atomic E-state index is 12.8. The van der Waals surface area contributed by atoms with Crippen molar-refractivity contribution in [2.45, 2.75) is 38.9 Å². The normalized spacial score (nSPS) is 20.0. The van der Waals surface area contributed by atoms with Crippen molar-refractivity contribution in [3.63, 3.8) is 0 Å². The van der Waals surface area contributed by atoms with Crippen LogP contribution in [-0.2, 0) is 24.3 Å². The Hall–Kier alpha value is -2.68. The van der Waals surface area contributed by atoms with E-state index >= 15 is 0 Å². The number of carbonyl (C=O) groups excluding carboxylic acids is 2. The lowest BCUT2D eigenvalue weighted by atomic mass is 10.1. The highest BCUT2D eigenvalue weighted by Crippen LogP contribution is 2.20. The number of likely N-dealkylation sites (tertiary alicyclic amines) is 1. The molecule has 29 heavy (non-hydrogen) atoms. The molecule has 0 aliphatic carbocycles. The van der Waals surface area contributed by atoms with E-state index in [2.05, 4.69) is 15.0 Å². The Balaban J connectivity index is 1.09. The van der Waals surface area contributed by atoms with Crippen molar-refractivity contribution in [1.82, 2.24) is 34.0 Å². The molecule has 2 fully saturated rings. The molecule has 2 amide bonds. The van der Waals surface area contributed by atoms with Gasteiger partial charge in [-0.1, -0.05) is 0 Å². The van der Waals surface area contributed by atoms with Crippen molar-refractivity contribution in [1.29, 1.82) is 0 Å².